The van der Waals surface area contributed by atoms with E-state index < -0.39 is 0 Å². The zero-order valence-electron chi connectivity index (χ0n) is 17.4. The molecule has 0 aliphatic carbocycles. The number of methoxy groups -OCH3 is 1. The monoisotopic (exact) mass is 390 g/mol. The summed E-state index contributed by atoms with van der Waals surface area (Å²) in [6.07, 6.45) is 3.35. The second-order valence-electron chi connectivity index (χ2n) is 7.41. The SMILES string of the molecule is COCCN(Cc1cccn1Cc1ccc(C)cc1)C(=O)CCc1ccccc1. The molecule has 1 amide bonds. The molecule has 0 N–H and O–H groups in total. The molecule has 0 fully saturated rings. The minimum absolute atomic E-state index is 0.161. The zero-order valence-corrected chi connectivity index (χ0v) is 17.4. The quantitative estimate of drug-likeness (QED) is 0.512. The summed E-state index contributed by atoms with van der Waals surface area (Å²) < 4.78 is 7.46. The van der Waals surface area contributed by atoms with Crippen LogP contribution in [0.4, 0.5) is 0 Å². The lowest BCUT2D eigenvalue weighted by Crippen LogP contribution is -2.34. The van der Waals surface area contributed by atoms with E-state index in [0.717, 1.165) is 18.7 Å². The molecule has 1 aromatic heterocycles. The zero-order chi connectivity index (χ0) is 20.5. The van der Waals surface area contributed by atoms with Crippen molar-refractivity contribution < 1.29 is 9.53 Å². The van der Waals surface area contributed by atoms with Gasteiger partial charge in [0.1, 0.15) is 0 Å². The van der Waals surface area contributed by atoms with Crippen LogP contribution in [0.5, 0.6) is 0 Å². The molecule has 29 heavy (non-hydrogen) atoms. The Bertz CT molecular complexity index is 885. The molecule has 0 saturated carbocycles. The number of carbonyl (C=O) groups excluding carboxylic acids is 1. The molecule has 0 unspecified atom stereocenters. The van der Waals surface area contributed by atoms with Gasteiger partial charge in [-0.2, -0.15) is 0 Å². The first-order valence-corrected chi connectivity index (χ1v) is 10.2. The van der Waals surface area contributed by atoms with Gasteiger partial charge in [-0.3, -0.25) is 4.79 Å². The number of aryl methyl sites for hydroxylation is 2. The maximum absolute atomic E-state index is 12.9. The fraction of sp³-hybridized carbons (Fsp3) is 0.320. The highest BCUT2D eigenvalue weighted by Gasteiger charge is 2.16. The van der Waals surface area contributed by atoms with Crippen molar-refractivity contribution in [3.63, 3.8) is 0 Å². The summed E-state index contributed by atoms with van der Waals surface area (Å²) in [5.74, 6) is 0.161. The second-order valence-corrected chi connectivity index (χ2v) is 7.41. The lowest BCUT2D eigenvalue weighted by atomic mass is 10.1. The van der Waals surface area contributed by atoms with Crippen LogP contribution >= 0.6 is 0 Å². The van der Waals surface area contributed by atoms with Gasteiger partial charge in [-0.05, 0) is 36.6 Å². The van der Waals surface area contributed by atoms with Crippen molar-refractivity contribution in [3.05, 3.63) is 95.3 Å². The van der Waals surface area contributed by atoms with Crippen LogP contribution in [0.15, 0.2) is 72.9 Å². The van der Waals surface area contributed by atoms with Crippen LogP contribution in [0.25, 0.3) is 0 Å². The Balaban J connectivity index is 1.66. The van der Waals surface area contributed by atoms with Crippen LogP contribution in [0, 0.1) is 6.92 Å². The summed E-state index contributed by atoms with van der Waals surface area (Å²) >= 11 is 0. The molecule has 3 rings (SSSR count). The second kappa shape index (κ2) is 10.6. The van der Waals surface area contributed by atoms with E-state index in [1.165, 1.54) is 16.7 Å². The van der Waals surface area contributed by atoms with E-state index in [-0.39, 0.29) is 5.91 Å². The molecule has 4 heteroatoms. The molecule has 2 aromatic carbocycles. The van der Waals surface area contributed by atoms with Crippen LogP contribution in [0.2, 0.25) is 0 Å². The fourth-order valence-electron chi connectivity index (χ4n) is 3.38. The maximum atomic E-state index is 12.9. The summed E-state index contributed by atoms with van der Waals surface area (Å²) in [4.78, 5) is 14.8. The molecule has 0 radical (unpaired) electrons. The molecule has 4 nitrogen and oxygen atoms in total. The van der Waals surface area contributed by atoms with Crippen LogP contribution < -0.4 is 0 Å². The first kappa shape index (κ1) is 20.9. The van der Waals surface area contributed by atoms with E-state index >= 15 is 0 Å². The number of nitrogens with zero attached hydrogens (tertiary/aromatic N) is 2. The van der Waals surface area contributed by atoms with E-state index in [1.54, 1.807) is 7.11 Å². The fourth-order valence-corrected chi connectivity index (χ4v) is 3.38. The van der Waals surface area contributed by atoms with Crippen molar-refractivity contribution in [1.82, 2.24) is 9.47 Å². The third-order valence-corrected chi connectivity index (χ3v) is 5.14. The summed E-state index contributed by atoms with van der Waals surface area (Å²) in [6.45, 7) is 4.63. The van der Waals surface area contributed by atoms with Crippen molar-refractivity contribution in [2.75, 3.05) is 20.3 Å². The summed E-state index contributed by atoms with van der Waals surface area (Å²) in [7, 11) is 1.67. The number of benzene rings is 2. The molecule has 0 spiro atoms. The Labute approximate surface area is 173 Å². The lowest BCUT2D eigenvalue weighted by Gasteiger charge is -2.23. The average Bonchev–Trinajstić information content (AvgIpc) is 3.18. The number of hydrogen-bond acceptors (Lipinski definition) is 2. The molecular weight excluding hydrogens is 360 g/mol. The van der Waals surface area contributed by atoms with Gasteiger partial charge in [0.25, 0.3) is 0 Å². The number of ether oxygens (including phenoxy) is 1. The molecule has 0 aliphatic rings. The first-order valence-electron chi connectivity index (χ1n) is 10.2. The standard InChI is InChI=1S/C25H30N2O2/c1-21-10-12-23(13-11-21)19-26-16-6-9-24(26)20-27(17-18-29-2)25(28)15-14-22-7-4-3-5-8-22/h3-13,16H,14-15,17-20H2,1-2H3. The minimum atomic E-state index is 0.161. The highest BCUT2D eigenvalue weighted by atomic mass is 16.5. The van der Waals surface area contributed by atoms with Crippen molar-refractivity contribution in [2.24, 2.45) is 0 Å². The molecule has 0 saturated heterocycles. The highest BCUT2D eigenvalue weighted by molar-refractivity contribution is 5.76. The third kappa shape index (κ3) is 6.33. The van der Waals surface area contributed by atoms with E-state index in [9.17, 15) is 4.79 Å². The van der Waals surface area contributed by atoms with Gasteiger partial charge in [-0.15, -0.1) is 0 Å². The minimum Gasteiger partial charge on any atom is -0.383 e. The summed E-state index contributed by atoms with van der Waals surface area (Å²) in [6, 6.07) is 22.9. The molecule has 1 heterocycles. The van der Waals surface area contributed by atoms with E-state index in [2.05, 4.69) is 60.2 Å². The van der Waals surface area contributed by atoms with Gasteiger partial charge in [-0.25, -0.2) is 0 Å². The summed E-state index contributed by atoms with van der Waals surface area (Å²) in [5.41, 5.74) is 4.84. The van der Waals surface area contributed by atoms with Gasteiger partial charge < -0.3 is 14.2 Å². The van der Waals surface area contributed by atoms with Gasteiger partial charge in [-0.1, -0.05) is 60.2 Å². The number of amides is 1. The Morgan fingerprint density at radius 1 is 0.966 bits per heavy atom. The predicted molar refractivity (Wildman–Crippen MR) is 117 cm³/mol. The molecule has 0 aliphatic heterocycles. The van der Waals surface area contributed by atoms with E-state index in [0.29, 0.717) is 26.1 Å². The smallest absolute Gasteiger partial charge is 0.223 e. The van der Waals surface area contributed by atoms with Crippen molar-refractivity contribution in [3.8, 4) is 0 Å². The molecule has 0 bridgehead atoms. The van der Waals surface area contributed by atoms with Gasteiger partial charge >= 0.3 is 0 Å². The third-order valence-electron chi connectivity index (χ3n) is 5.14. The van der Waals surface area contributed by atoms with E-state index in [1.807, 2.05) is 29.2 Å². The summed E-state index contributed by atoms with van der Waals surface area (Å²) in [5, 5.41) is 0. The lowest BCUT2D eigenvalue weighted by molar-refractivity contribution is -0.132. The van der Waals surface area contributed by atoms with Crippen LogP contribution in [0.1, 0.15) is 28.8 Å². The van der Waals surface area contributed by atoms with Crippen LogP contribution in [0.3, 0.4) is 0 Å². The largest absolute Gasteiger partial charge is 0.383 e. The number of carbonyl (C=O) groups is 1. The van der Waals surface area contributed by atoms with Crippen LogP contribution in [-0.4, -0.2) is 35.6 Å². The van der Waals surface area contributed by atoms with E-state index in [4.69, 9.17) is 4.74 Å². The topological polar surface area (TPSA) is 34.5 Å². The first-order chi connectivity index (χ1) is 14.2. The number of hydrogen-bond donors (Lipinski definition) is 0. The van der Waals surface area contributed by atoms with Crippen molar-refractivity contribution >= 4 is 5.91 Å². The van der Waals surface area contributed by atoms with Gasteiger partial charge in [0.05, 0.1) is 13.2 Å². The number of aromatic nitrogens is 1. The van der Waals surface area contributed by atoms with Crippen molar-refractivity contribution in [1.29, 1.82) is 0 Å². The maximum Gasteiger partial charge on any atom is 0.223 e. The molecule has 3 aromatic rings. The Morgan fingerprint density at radius 2 is 1.72 bits per heavy atom. The Kier molecular flexibility index (Phi) is 7.65. The molecule has 0 atom stereocenters. The van der Waals surface area contributed by atoms with Crippen LogP contribution in [-0.2, 0) is 29.0 Å². The van der Waals surface area contributed by atoms with Crippen molar-refractivity contribution in [2.45, 2.75) is 32.9 Å². The Hall–Kier alpha value is -2.85. The van der Waals surface area contributed by atoms with Gasteiger partial charge in [0.15, 0.2) is 0 Å². The molecular formula is C25H30N2O2. The van der Waals surface area contributed by atoms with Gasteiger partial charge in [0.2, 0.25) is 5.91 Å². The Morgan fingerprint density at radius 3 is 2.45 bits per heavy atom. The van der Waals surface area contributed by atoms with Gasteiger partial charge in [0, 0.05) is 38.5 Å². The normalized spacial score (nSPS) is 10.8. The highest BCUT2D eigenvalue weighted by Crippen LogP contribution is 2.13. The average molecular weight is 391 g/mol. The molecule has 152 valence electrons. The number of rotatable bonds is 10. The predicted octanol–water partition coefficient (Wildman–Crippen LogP) is 4.45.